The molecule has 106 valence electrons. The molecule has 1 aromatic carbocycles. The van der Waals surface area contributed by atoms with Gasteiger partial charge in [0, 0.05) is 24.5 Å². The van der Waals surface area contributed by atoms with Crippen LogP contribution in [0.15, 0.2) is 18.2 Å². The van der Waals surface area contributed by atoms with E-state index in [2.05, 4.69) is 11.8 Å². The molecule has 0 unspecified atom stereocenters. The Morgan fingerprint density at radius 2 is 2.16 bits per heavy atom. The minimum Gasteiger partial charge on any atom is -0.495 e. The molecular weight excluding hydrogens is 266 g/mol. The van der Waals surface area contributed by atoms with Gasteiger partial charge in [-0.1, -0.05) is 18.5 Å². The number of hydrogen-bond acceptors (Lipinski definition) is 3. The highest BCUT2D eigenvalue weighted by molar-refractivity contribution is 6.30. The van der Waals surface area contributed by atoms with Gasteiger partial charge in [-0.25, -0.2) is 0 Å². The number of methoxy groups -OCH3 is 1. The summed E-state index contributed by atoms with van der Waals surface area (Å²) in [5, 5.41) is 9.36. The summed E-state index contributed by atoms with van der Waals surface area (Å²) < 4.78 is 5.34. The van der Waals surface area contributed by atoms with Crippen LogP contribution in [0.4, 0.5) is 5.69 Å². The van der Waals surface area contributed by atoms with Crippen molar-refractivity contribution in [3.8, 4) is 5.75 Å². The van der Waals surface area contributed by atoms with E-state index < -0.39 is 5.97 Å². The lowest BCUT2D eigenvalue weighted by Crippen LogP contribution is -2.26. The van der Waals surface area contributed by atoms with Crippen LogP contribution >= 0.6 is 11.6 Å². The molecule has 5 heteroatoms. The average molecular weight is 286 g/mol. The van der Waals surface area contributed by atoms with Gasteiger partial charge in [0.1, 0.15) is 5.75 Å². The van der Waals surface area contributed by atoms with E-state index >= 15 is 0 Å². The molecule has 0 bridgehead atoms. The van der Waals surface area contributed by atoms with Gasteiger partial charge in [-0.05, 0) is 31.0 Å². The molecule has 0 aliphatic heterocycles. The molecule has 0 amide bonds. The van der Waals surface area contributed by atoms with Gasteiger partial charge in [0.15, 0.2) is 0 Å². The maximum Gasteiger partial charge on any atom is 0.303 e. The van der Waals surface area contributed by atoms with Crippen molar-refractivity contribution in [2.75, 3.05) is 25.1 Å². The van der Waals surface area contributed by atoms with Crippen molar-refractivity contribution in [3.63, 3.8) is 0 Å². The van der Waals surface area contributed by atoms with Crippen LogP contribution in [0.1, 0.15) is 26.2 Å². The van der Waals surface area contributed by atoms with Crippen molar-refractivity contribution >= 4 is 23.3 Å². The zero-order valence-corrected chi connectivity index (χ0v) is 12.1. The molecule has 0 fully saturated rings. The summed E-state index contributed by atoms with van der Waals surface area (Å²) >= 11 is 6.03. The molecule has 0 heterocycles. The molecular formula is C14H20ClNO3. The first-order chi connectivity index (χ1) is 9.08. The summed E-state index contributed by atoms with van der Waals surface area (Å²) in [7, 11) is 1.62. The third-order valence-corrected chi connectivity index (χ3v) is 3.03. The topological polar surface area (TPSA) is 49.8 Å². The zero-order valence-electron chi connectivity index (χ0n) is 11.4. The van der Waals surface area contributed by atoms with Gasteiger partial charge in [-0.2, -0.15) is 0 Å². The first-order valence-corrected chi connectivity index (χ1v) is 6.76. The maximum atomic E-state index is 10.6. The fraction of sp³-hybridized carbons (Fsp3) is 0.500. The predicted octanol–water partition coefficient (Wildman–Crippen LogP) is 3.43. The standard InChI is InChI=1S/C14H20ClNO3/c1-3-8-16(9-4-5-14(17)18)12-10-11(15)6-7-13(12)19-2/h6-7,10H,3-5,8-9H2,1-2H3,(H,17,18). The molecule has 0 spiro atoms. The summed E-state index contributed by atoms with van der Waals surface area (Å²) in [6.07, 6.45) is 1.75. The number of aliphatic carboxylic acids is 1. The number of anilines is 1. The summed E-state index contributed by atoms with van der Waals surface area (Å²) in [5.41, 5.74) is 0.919. The van der Waals surface area contributed by atoms with Crippen LogP contribution in [0.25, 0.3) is 0 Å². The van der Waals surface area contributed by atoms with Crippen LogP contribution in [0.3, 0.4) is 0 Å². The summed E-state index contributed by atoms with van der Waals surface area (Å²) in [6.45, 7) is 3.61. The minimum absolute atomic E-state index is 0.170. The first-order valence-electron chi connectivity index (χ1n) is 6.38. The number of nitrogens with zero attached hydrogens (tertiary/aromatic N) is 1. The van der Waals surface area contributed by atoms with Gasteiger partial charge in [-0.3, -0.25) is 4.79 Å². The molecule has 1 N–H and O–H groups in total. The molecule has 0 saturated heterocycles. The number of carboxylic acids is 1. The summed E-state index contributed by atoms with van der Waals surface area (Å²) in [6, 6.07) is 5.47. The number of benzene rings is 1. The van der Waals surface area contributed by atoms with E-state index in [4.69, 9.17) is 21.4 Å². The Hall–Kier alpha value is -1.42. The normalized spacial score (nSPS) is 10.3. The lowest BCUT2D eigenvalue weighted by Gasteiger charge is -2.26. The van der Waals surface area contributed by atoms with Gasteiger partial charge in [0.2, 0.25) is 0 Å². The maximum absolute atomic E-state index is 10.6. The van der Waals surface area contributed by atoms with Gasteiger partial charge in [-0.15, -0.1) is 0 Å². The van der Waals surface area contributed by atoms with Crippen molar-refractivity contribution in [1.29, 1.82) is 0 Å². The monoisotopic (exact) mass is 285 g/mol. The number of carboxylic acid groups (broad SMARTS) is 1. The van der Waals surface area contributed by atoms with E-state index in [0.29, 0.717) is 18.0 Å². The Labute approximate surface area is 118 Å². The third kappa shape index (κ3) is 4.99. The highest BCUT2D eigenvalue weighted by Gasteiger charge is 2.12. The van der Waals surface area contributed by atoms with Crippen LogP contribution in [0.5, 0.6) is 5.75 Å². The fourth-order valence-corrected chi connectivity index (χ4v) is 2.12. The molecule has 19 heavy (non-hydrogen) atoms. The minimum atomic E-state index is -0.769. The molecule has 0 atom stereocenters. The van der Waals surface area contributed by atoms with Crippen molar-refractivity contribution in [1.82, 2.24) is 0 Å². The van der Waals surface area contributed by atoms with Crippen molar-refractivity contribution in [2.45, 2.75) is 26.2 Å². The van der Waals surface area contributed by atoms with Crippen molar-refractivity contribution in [3.05, 3.63) is 23.2 Å². The van der Waals surface area contributed by atoms with Crippen LogP contribution < -0.4 is 9.64 Å². The van der Waals surface area contributed by atoms with Gasteiger partial charge < -0.3 is 14.7 Å². The van der Waals surface area contributed by atoms with E-state index in [9.17, 15) is 4.79 Å². The first kappa shape index (κ1) is 15.6. The van der Waals surface area contributed by atoms with E-state index in [0.717, 1.165) is 24.4 Å². The summed E-state index contributed by atoms with van der Waals surface area (Å²) in [4.78, 5) is 12.7. The van der Waals surface area contributed by atoms with E-state index in [1.54, 1.807) is 13.2 Å². The Bertz CT molecular complexity index is 423. The SMILES string of the molecule is CCCN(CCCC(=O)O)c1cc(Cl)ccc1OC. The van der Waals surface area contributed by atoms with Crippen molar-refractivity contribution in [2.24, 2.45) is 0 Å². The van der Waals surface area contributed by atoms with Crippen LogP contribution in [0, 0.1) is 0 Å². The number of ether oxygens (including phenoxy) is 1. The highest BCUT2D eigenvalue weighted by Crippen LogP contribution is 2.31. The van der Waals surface area contributed by atoms with E-state index in [-0.39, 0.29) is 6.42 Å². The van der Waals surface area contributed by atoms with Crippen molar-refractivity contribution < 1.29 is 14.6 Å². The molecule has 4 nitrogen and oxygen atoms in total. The smallest absolute Gasteiger partial charge is 0.303 e. The third-order valence-electron chi connectivity index (χ3n) is 2.79. The zero-order chi connectivity index (χ0) is 14.3. The Balaban J connectivity index is 2.84. The Morgan fingerprint density at radius 3 is 2.74 bits per heavy atom. The van der Waals surface area contributed by atoms with Crippen LogP contribution in [-0.4, -0.2) is 31.3 Å². The van der Waals surface area contributed by atoms with Gasteiger partial charge >= 0.3 is 5.97 Å². The number of carbonyl (C=O) groups is 1. The number of rotatable bonds is 8. The molecule has 0 aromatic heterocycles. The largest absolute Gasteiger partial charge is 0.495 e. The molecule has 1 rings (SSSR count). The Morgan fingerprint density at radius 1 is 1.42 bits per heavy atom. The molecule has 0 aliphatic rings. The molecule has 1 aromatic rings. The second kappa shape index (κ2) is 7.89. The van der Waals surface area contributed by atoms with Crippen LogP contribution in [0.2, 0.25) is 5.02 Å². The van der Waals surface area contributed by atoms with Gasteiger partial charge in [0.05, 0.1) is 12.8 Å². The van der Waals surface area contributed by atoms with E-state index in [1.807, 2.05) is 12.1 Å². The second-order valence-corrected chi connectivity index (χ2v) is 4.74. The summed E-state index contributed by atoms with van der Waals surface area (Å²) in [5.74, 6) is -0.0114. The van der Waals surface area contributed by atoms with Gasteiger partial charge in [0.25, 0.3) is 0 Å². The Kier molecular flexibility index (Phi) is 6.50. The van der Waals surface area contributed by atoms with E-state index in [1.165, 1.54) is 0 Å². The second-order valence-electron chi connectivity index (χ2n) is 4.30. The lowest BCUT2D eigenvalue weighted by molar-refractivity contribution is -0.137. The quantitative estimate of drug-likeness (QED) is 0.795. The number of halogens is 1. The number of hydrogen-bond donors (Lipinski definition) is 1. The molecule has 0 aliphatic carbocycles. The lowest BCUT2D eigenvalue weighted by atomic mass is 10.2. The fourth-order valence-electron chi connectivity index (χ4n) is 1.95. The highest BCUT2D eigenvalue weighted by atomic mass is 35.5. The average Bonchev–Trinajstić information content (AvgIpc) is 2.37. The molecule has 0 saturated carbocycles. The predicted molar refractivity (Wildman–Crippen MR) is 77.4 cm³/mol. The van der Waals surface area contributed by atoms with Crippen LogP contribution in [-0.2, 0) is 4.79 Å². The molecule has 0 radical (unpaired) electrons.